The van der Waals surface area contributed by atoms with E-state index < -0.39 is 11.7 Å². The fourth-order valence-electron chi connectivity index (χ4n) is 4.25. The first-order valence-electron chi connectivity index (χ1n) is 11.4. The first-order valence-corrected chi connectivity index (χ1v) is 11.4. The van der Waals surface area contributed by atoms with Crippen LogP contribution in [0, 0.1) is 19.7 Å². The van der Waals surface area contributed by atoms with E-state index in [1.165, 1.54) is 6.07 Å². The Hall–Kier alpha value is -4.40. The van der Waals surface area contributed by atoms with Crippen molar-refractivity contribution in [2.45, 2.75) is 32.6 Å². The average molecular weight is 468 g/mol. The summed E-state index contributed by atoms with van der Waals surface area (Å²) in [4.78, 5) is 22.1. The van der Waals surface area contributed by atoms with Crippen molar-refractivity contribution >= 4 is 17.4 Å². The normalized spacial score (nSPS) is 13.3. The van der Waals surface area contributed by atoms with E-state index in [2.05, 4.69) is 25.5 Å². The van der Waals surface area contributed by atoms with Crippen LogP contribution < -0.4 is 5.32 Å². The molecule has 4 aromatic heterocycles. The molecule has 9 heteroatoms. The zero-order valence-corrected chi connectivity index (χ0v) is 19.2. The van der Waals surface area contributed by atoms with Crippen molar-refractivity contribution in [3.8, 4) is 17.2 Å². The Bertz CT molecular complexity index is 1600. The third-order valence-electron chi connectivity index (χ3n) is 6.25. The van der Waals surface area contributed by atoms with Crippen molar-refractivity contribution in [2.24, 2.45) is 0 Å². The molecule has 174 valence electrons. The molecule has 0 aliphatic heterocycles. The van der Waals surface area contributed by atoms with E-state index in [0.29, 0.717) is 34.3 Å². The Balaban J connectivity index is 1.31. The van der Waals surface area contributed by atoms with Crippen LogP contribution in [0.1, 0.15) is 46.1 Å². The number of pyridine rings is 2. The van der Waals surface area contributed by atoms with Gasteiger partial charge in [-0.3, -0.25) is 9.20 Å². The maximum absolute atomic E-state index is 14.8. The number of hydrogen-bond acceptors (Lipinski definition) is 5. The molecule has 5 aromatic rings. The molecule has 1 aromatic carbocycles. The standard InChI is InChI=1S/C26H22FN7O/c1-15-11-19(27)18(12-22(15)33-13-21(28-14-33)17-9-10-17)26(35)30-23-7-4-6-20(29-23)25-32-31-24-8-3-5-16(2)34(24)25/h3-8,11-14,17H,9-10H2,1-2H3,(H,29,30,35). The van der Waals surface area contributed by atoms with Crippen molar-refractivity contribution in [1.82, 2.24) is 29.1 Å². The monoisotopic (exact) mass is 467 g/mol. The van der Waals surface area contributed by atoms with Crippen LogP contribution in [0.25, 0.3) is 22.9 Å². The van der Waals surface area contributed by atoms with E-state index in [4.69, 9.17) is 0 Å². The molecule has 0 bridgehead atoms. The van der Waals surface area contributed by atoms with Gasteiger partial charge in [0.25, 0.3) is 5.91 Å². The Morgan fingerprint density at radius 2 is 1.91 bits per heavy atom. The molecule has 1 aliphatic rings. The lowest BCUT2D eigenvalue weighted by molar-refractivity contribution is 0.102. The van der Waals surface area contributed by atoms with Crippen molar-refractivity contribution < 1.29 is 9.18 Å². The quantitative estimate of drug-likeness (QED) is 0.399. The molecule has 4 heterocycles. The average Bonchev–Trinajstić information content (AvgIpc) is 3.40. The molecule has 0 unspecified atom stereocenters. The van der Waals surface area contributed by atoms with Crippen LogP contribution in [0.15, 0.2) is 61.1 Å². The molecule has 1 fully saturated rings. The highest BCUT2D eigenvalue weighted by Gasteiger charge is 2.26. The molecule has 1 saturated carbocycles. The van der Waals surface area contributed by atoms with Crippen LogP contribution in [0.3, 0.4) is 0 Å². The number of rotatable bonds is 5. The Kier molecular flexibility index (Phi) is 4.91. The number of fused-ring (bicyclic) bond motifs is 1. The molecule has 0 radical (unpaired) electrons. The molecule has 0 saturated heterocycles. The van der Waals surface area contributed by atoms with Gasteiger partial charge in [0.05, 0.1) is 23.3 Å². The van der Waals surface area contributed by atoms with Gasteiger partial charge in [-0.15, -0.1) is 10.2 Å². The number of aromatic nitrogens is 6. The summed E-state index contributed by atoms with van der Waals surface area (Å²) in [5, 5.41) is 11.2. The Morgan fingerprint density at radius 1 is 1.09 bits per heavy atom. The highest BCUT2D eigenvalue weighted by Crippen LogP contribution is 2.39. The number of nitrogens with zero attached hydrogens (tertiary/aromatic N) is 6. The van der Waals surface area contributed by atoms with Gasteiger partial charge in [0.15, 0.2) is 11.5 Å². The van der Waals surface area contributed by atoms with Crippen molar-refractivity contribution in [1.29, 1.82) is 0 Å². The molecular formula is C26H22FN7O. The number of benzene rings is 1. The molecule has 1 N–H and O–H groups in total. The minimum Gasteiger partial charge on any atom is -0.306 e. The van der Waals surface area contributed by atoms with E-state index in [9.17, 15) is 9.18 Å². The summed E-state index contributed by atoms with van der Waals surface area (Å²) < 4.78 is 18.6. The largest absolute Gasteiger partial charge is 0.306 e. The lowest BCUT2D eigenvalue weighted by Gasteiger charge is -2.12. The van der Waals surface area contributed by atoms with E-state index >= 15 is 0 Å². The second-order valence-corrected chi connectivity index (χ2v) is 8.85. The predicted molar refractivity (Wildman–Crippen MR) is 129 cm³/mol. The topological polar surface area (TPSA) is 90.0 Å². The summed E-state index contributed by atoms with van der Waals surface area (Å²) in [6.45, 7) is 3.77. The molecular weight excluding hydrogens is 445 g/mol. The lowest BCUT2D eigenvalue weighted by Crippen LogP contribution is -2.16. The maximum atomic E-state index is 14.8. The molecule has 1 aliphatic carbocycles. The molecule has 6 rings (SSSR count). The second kappa shape index (κ2) is 8.12. The van der Waals surface area contributed by atoms with Crippen LogP contribution in [0.2, 0.25) is 0 Å². The van der Waals surface area contributed by atoms with Crippen molar-refractivity contribution in [2.75, 3.05) is 5.32 Å². The maximum Gasteiger partial charge on any atom is 0.259 e. The number of imidazole rings is 1. The van der Waals surface area contributed by atoms with Crippen LogP contribution >= 0.6 is 0 Å². The van der Waals surface area contributed by atoms with Crippen molar-refractivity contribution in [3.05, 3.63) is 89.4 Å². The fourth-order valence-corrected chi connectivity index (χ4v) is 4.25. The van der Waals surface area contributed by atoms with Gasteiger partial charge < -0.3 is 9.88 Å². The van der Waals surface area contributed by atoms with E-state index in [1.54, 1.807) is 30.6 Å². The molecule has 1 amide bonds. The van der Waals surface area contributed by atoms with E-state index in [0.717, 1.165) is 24.2 Å². The van der Waals surface area contributed by atoms with Crippen molar-refractivity contribution in [3.63, 3.8) is 0 Å². The summed E-state index contributed by atoms with van der Waals surface area (Å²) >= 11 is 0. The minimum atomic E-state index is -0.596. The second-order valence-electron chi connectivity index (χ2n) is 8.85. The van der Waals surface area contributed by atoms with Gasteiger partial charge in [0.1, 0.15) is 17.3 Å². The van der Waals surface area contributed by atoms with Crippen LogP contribution in [-0.4, -0.2) is 35.0 Å². The van der Waals surface area contributed by atoms with Gasteiger partial charge in [0, 0.05) is 17.8 Å². The molecule has 35 heavy (non-hydrogen) atoms. The zero-order valence-electron chi connectivity index (χ0n) is 19.2. The summed E-state index contributed by atoms with van der Waals surface area (Å²) in [5.74, 6) is 0.173. The predicted octanol–water partition coefficient (Wildman–Crippen LogP) is 4.86. The van der Waals surface area contributed by atoms with Gasteiger partial charge in [-0.05, 0) is 68.7 Å². The highest BCUT2D eigenvalue weighted by atomic mass is 19.1. The summed E-state index contributed by atoms with van der Waals surface area (Å²) in [7, 11) is 0. The van der Waals surface area contributed by atoms with Crippen LogP contribution in [-0.2, 0) is 0 Å². The smallest absolute Gasteiger partial charge is 0.259 e. The Labute approximate surface area is 200 Å². The summed E-state index contributed by atoms with van der Waals surface area (Å²) in [5.41, 5.74) is 4.59. The SMILES string of the molecule is Cc1cc(F)c(C(=O)Nc2cccc(-c3nnc4cccc(C)n34)n2)cc1-n1cnc(C2CC2)c1. The number of aryl methyl sites for hydroxylation is 2. The third-order valence-corrected chi connectivity index (χ3v) is 6.25. The number of amides is 1. The number of halogens is 1. The van der Waals surface area contributed by atoms with Crippen LogP contribution in [0.5, 0.6) is 0 Å². The van der Waals surface area contributed by atoms with E-state index in [1.807, 2.05) is 47.2 Å². The van der Waals surface area contributed by atoms with Gasteiger partial charge in [-0.1, -0.05) is 12.1 Å². The molecule has 0 spiro atoms. The van der Waals surface area contributed by atoms with Crippen LogP contribution in [0.4, 0.5) is 10.2 Å². The third kappa shape index (κ3) is 3.84. The van der Waals surface area contributed by atoms with Gasteiger partial charge in [0.2, 0.25) is 0 Å². The highest BCUT2D eigenvalue weighted by molar-refractivity contribution is 6.04. The number of nitrogens with one attached hydrogen (secondary N) is 1. The molecule has 8 nitrogen and oxygen atoms in total. The Morgan fingerprint density at radius 3 is 2.74 bits per heavy atom. The minimum absolute atomic E-state index is 0.0664. The number of hydrogen-bond donors (Lipinski definition) is 1. The number of anilines is 1. The van der Waals surface area contributed by atoms with Gasteiger partial charge >= 0.3 is 0 Å². The fraction of sp³-hybridized carbons (Fsp3) is 0.192. The van der Waals surface area contributed by atoms with Gasteiger partial charge in [-0.2, -0.15) is 0 Å². The van der Waals surface area contributed by atoms with E-state index in [-0.39, 0.29) is 11.4 Å². The zero-order chi connectivity index (χ0) is 24.1. The first-order chi connectivity index (χ1) is 17.0. The summed E-state index contributed by atoms with van der Waals surface area (Å²) in [6, 6.07) is 13.9. The molecule has 0 atom stereocenters. The number of carbonyl (C=O) groups excluding carboxylic acids is 1. The van der Waals surface area contributed by atoms with Gasteiger partial charge in [-0.25, -0.2) is 14.4 Å². The lowest BCUT2D eigenvalue weighted by atomic mass is 10.1. The number of carbonyl (C=O) groups is 1. The first kappa shape index (κ1) is 21.2. The summed E-state index contributed by atoms with van der Waals surface area (Å²) in [6.07, 6.45) is 5.95.